The number of nitrogens with one attached hydrogen (secondary N) is 1. The van der Waals surface area contributed by atoms with Gasteiger partial charge in [-0.2, -0.15) is 0 Å². The van der Waals surface area contributed by atoms with Crippen molar-refractivity contribution in [2.45, 2.75) is 38.8 Å². The number of ether oxygens (including phenoxy) is 2. The van der Waals surface area contributed by atoms with Crippen LogP contribution in [0.25, 0.3) is 0 Å². The predicted octanol–water partition coefficient (Wildman–Crippen LogP) is 4.82. The third kappa shape index (κ3) is 6.79. The monoisotopic (exact) mass is 506 g/mol. The molecule has 4 rings (SSSR count). The molecular formula is C29H31ClN2O4. The van der Waals surface area contributed by atoms with E-state index in [1.54, 1.807) is 11.0 Å². The Morgan fingerprint density at radius 2 is 1.67 bits per heavy atom. The number of rotatable bonds is 10. The summed E-state index contributed by atoms with van der Waals surface area (Å²) in [6.07, 6.45) is 1.20. The lowest BCUT2D eigenvalue weighted by molar-refractivity contribution is -0.141. The molecule has 3 aromatic carbocycles. The minimum Gasteiger partial charge on any atom is -0.486 e. The maximum atomic E-state index is 13.7. The Hall–Kier alpha value is -3.51. The second kappa shape index (κ2) is 12.5. The first-order valence-corrected chi connectivity index (χ1v) is 12.7. The second-order valence-corrected chi connectivity index (χ2v) is 9.17. The van der Waals surface area contributed by atoms with Crippen LogP contribution in [-0.2, 0) is 29.0 Å². The van der Waals surface area contributed by atoms with Crippen molar-refractivity contribution in [1.82, 2.24) is 10.2 Å². The number of carbonyl (C=O) groups is 2. The van der Waals surface area contributed by atoms with E-state index in [-0.39, 0.29) is 24.8 Å². The molecule has 0 unspecified atom stereocenters. The highest BCUT2D eigenvalue weighted by Crippen LogP contribution is 2.31. The third-order valence-electron chi connectivity index (χ3n) is 6.10. The van der Waals surface area contributed by atoms with Crippen molar-refractivity contribution in [3.05, 3.63) is 94.5 Å². The van der Waals surface area contributed by atoms with E-state index in [2.05, 4.69) is 5.32 Å². The van der Waals surface area contributed by atoms with Crippen LogP contribution in [0.15, 0.2) is 72.8 Å². The van der Waals surface area contributed by atoms with Crippen LogP contribution in [0, 0.1) is 0 Å². The number of hydrogen-bond acceptors (Lipinski definition) is 4. The summed E-state index contributed by atoms with van der Waals surface area (Å²) in [4.78, 5) is 28.6. The lowest BCUT2D eigenvalue weighted by Crippen LogP contribution is -2.50. The summed E-state index contributed by atoms with van der Waals surface area (Å²) >= 11 is 6.22. The number of nitrogens with zero attached hydrogens (tertiary/aromatic N) is 1. The van der Waals surface area contributed by atoms with Gasteiger partial charge < -0.3 is 19.7 Å². The molecule has 0 saturated heterocycles. The van der Waals surface area contributed by atoms with Gasteiger partial charge in [-0.1, -0.05) is 60.1 Å². The Kier molecular flexibility index (Phi) is 8.85. The van der Waals surface area contributed by atoms with Crippen molar-refractivity contribution in [2.75, 3.05) is 19.8 Å². The minimum absolute atomic E-state index is 0.1000. The van der Waals surface area contributed by atoms with Crippen LogP contribution in [0.2, 0.25) is 5.02 Å². The molecule has 2 amide bonds. The summed E-state index contributed by atoms with van der Waals surface area (Å²) in [5.74, 6) is 1.15. The zero-order chi connectivity index (χ0) is 25.3. The van der Waals surface area contributed by atoms with Crippen LogP contribution in [-0.4, -0.2) is 42.5 Å². The van der Waals surface area contributed by atoms with Crippen molar-refractivity contribution >= 4 is 23.4 Å². The standard InChI is InChI=1S/C29H31ClN2O4/c1-2-31-29(34)25(18-21-7-4-3-5-8-21)32(20-23-9-6-10-24(30)17-23)28(33)14-12-22-11-13-26-27(19-22)36-16-15-35-26/h3-11,13,17,19,25H,2,12,14-16,18,20H2,1H3,(H,31,34)/t25-/m1/s1. The molecule has 0 aromatic heterocycles. The summed E-state index contributed by atoms with van der Waals surface area (Å²) in [7, 11) is 0. The Balaban J connectivity index is 1.58. The molecule has 0 bridgehead atoms. The average molecular weight is 507 g/mol. The van der Waals surface area contributed by atoms with Gasteiger partial charge in [0.1, 0.15) is 19.3 Å². The molecule has 3 aromatic rings. The third-order valence-corrected chi connectivity index (χ3v) is 6.33. The highest BCUT2D eigenvalue weighted by molar-refractivity contribution is 6.30. The van der Waals surface area contributed by atoms with E-state index in [9.17, 15) is 9.59 Å². The molecule has 6 nitrogen and oxygen atoms in total. The van der Waals surface area contributed by atoms with E-state index >= 15 is 0 Å². The van der Waals surface area contributed by atoms with Crippen LogP contribution in [0.4, 0.5) is 0 Å². The van der Waals surface area contributed by atoms with Crippen molar-refractivity contribution in [3.8, 4) is 11.5 Å². The fraction of sp³-hybridized carbons (Fsp3) is 0.310. The molecule has 0 aliphatic carbocycles. The normalized spacial score (nSPS) is 13.1. The molecule has 0 radical (unpaired) electrons. The van der Waals surface area contributed by atoms with Crippen molar-refractivity contribution in [3.63, 3.8) is 0 Å². The fourth-order valence-corrected chi connectivity index (χ4v) is 4.53. The van der Waals surface area contributed by atoms with E-state index in [0.717, 1.165) is 22.4 Å². The van der Waals surface area contributed by atoms with Crippen LogP contribution < -0.4 is 14.8 Å². The average Bonchev–Trinajstić information content (AvgIpc) is 2.90. The van der Waals surface area contributed by atoms with Gasteiger partial charge in [0, 0.05) is 31.0 Å². The molecule has 7 heteroatoms. The molecule has 188 valence electrons. The Morgan fingerprint density at radius 3 is 2.42 bits per heavy atom. The number of likely N-dealkylation sites (N-methyl/N-ethyl adjacent to an activating group) is 1. The fourth-order valence-electron chi connectivity index (χ4n) is 4.32. The molecular weight excluding hydrogens is 476 g/mol. The van der Waals surface area contributed by atoms with E-state index in [1.807, 2.05) is 73.7 Å². The topological polar surface area (TPSA) is 67.9 Å². The Morgan fingerprint density at radius 1 is 0.917 bits per heavy atom. The molecule has 0 fully saturated rings. The Bertz CT molecular complexity index is 1180. The summed E-state index contributed by atoms with van der Waals surface area (Å²) in [5.41, 5.74) is 2.84. The summed E-state index contributed by atoms with van der Waals surface area (Å²) in [6.45, 7) is 3.70. The zero-order valence-electron chi connectivity index (χ0n) is 20.4. The van der Waals surface area contributed by atoms with Crippen molar-refractivity contribution < 1.29 is 19.1 Å². The predicted molar refractivity (Wildman–Crippen MR) is 140 cm³/mol. The van der Waals surface area contributed by atoms with Crippen LogP contribution in [0.3, 0.4) is 0 Å². The van der Waals surface area contributed by atoms with Gasteiger partial charge in [0.15, 0.2) is 11.5 Å². The van der Waals surface area contributed by atoms with Gasteiger partial charge in [0.25, 0.3) is 0 Å². The van der Waals surface area contributed by atoms with E-state index in [1.165, 1.54) is 0 Å². The maximum Gasteiger partial charge on any atom is 0.243 e. The molecule has 1 heterocycles. The highest BCUT2D eigenvalue weighted by Gasteiger charge is 2.30. The SMILES string of the molecule is CCNC(=O)[C@@H](Cc1ccccc1)N(Cc1cccc(Cl)c1)C(=O)CCc1ccc2c(c1)OCCO2. The van der Waals surface area contributed by atoms with Crippen LogP contribution >= 0.6 is 11.6 Å². The Labute approximate surface area is 217 Å². The molecule has 1 aliphatic heterocycles. The second-order valence-electron chi connectivity index (χ2n) is 8.73. The first-order valence-electron chi connectivity index (χ1n) is 12.3. The molecule has 1 aliphatic rings. The summed E-state index contributed by atoms with van der Waals surface area (Å²) in [6, 6.07) is 22.3. The largest absolute Gasteiger partial charge is 0.486 e. The number of benzene rings is 3. The van der Waals surface area contributed by atoms with Gasteiger partial charge in [-0.25, -0.2) is 0 Å². The quantitative estimate of drug-likeness (QED) is 0.428. The van der Waals surface area contributed by atoms with Gasteiger partial charge in [0.05, 0.1) is 0 Å². The van der Waals surface area contributed by atoms with Crippen LogP contribution in [0.5, 0.6) is 11.5 Å². The van der Waals surface area contributed by atoms with Gasteiger partial charge in [-0.05, 0) is 54.3 Å². The molecule has 1 atom stereocenters. The molecule has 36 heavy (non-hydrogen) atoms. The van der Waals surface area contributed by atoms with Gasteiger partial charge in [-0.3, -0.25) is 9.59 Å². The van der Waals surface area contributed by atoms with Crippen molar-refractivity contribution in [2.24, 2.45) is 0 Å². The molecule has 0 saturated carbocycles. The lowest BCUT2D eigenvalue weighted by Gasteiger charge is -2.31. The highest BCUT2D eigenvalue weighted by atomic mass is 35.5. The van der Waals surface area contributed by atoms with E-state index in [4.69, 9.17) is 21.1 Å². The van der Waals surface area contributed by atoms with E-state index < -0.39 is 6.04 Å². The summed E-state index contributed by atoms with van der Waals surface area (Å²) < 4.78 is 11.3. The molecule has 1 N–H and O–H groups in total. The van der Waals surface area contributed by atoms with Gasteiger partial charge in [-0.15, -0.1) is 0 Å². The number of amides is 2. The van der Waals surface area contributed by atoms with Gasteiger partial charge >= 0.3 is 0 Å². The van der Waals surface area contributed by atoms with Crippen LogP contribution in [0.1, 0.15) is 30.0 Å². The molecule has 0 spiro atoms. The first kappa shape index (κ1) is 25.6. The number of halogens is 1. The lowest BCUT2D eigenvalue weighted by atomic mass is 10.0. The number of hydrogen-bond donors (Lipinski definition) is 1. The maximum absolute atomic E-state index is 13.7. The minimum atomic E-state index is -0.654. The number of aryl methyl sites for hydroxylation is 1. The van der Waals surface area contributed by atoms with Crippen molar-refractivity contribution in [1.29, 1.82) is 0 Å². The number of fused-ring (bicyclic) bond motifs is 1. The van der Waals surface area contributed by atoms with Gasteiger partial charge in [0.2, 0.25) is 11.8 Å². The first-order chi connectivity index (χ1) is 17.5. The summed E-state index contributed by atoms with van der Waals surface area (Å²) in [5, 5.41) is 3.51. The van der Waals surface area contributed by atoms with E-state index in [0.29, 0.717) is 43.4 Å². The smallest absolute Gasteiger partial charge is 0.243 e. The zero-order valence-corrected chi connectivity index (χ0v) is 21.2. The number of carbonyl (C=O) groups excluding carboxylic acids is 2.